The van der Waals surface area contributed by atoms with E-state index < -0.39 is 56.5 Å². The number of aryl methyl sites for hydroxylation is 1. The number of para-hydroxylation sites is 2. The van der Waals surface area contributed by atoms with Crippen LogP contribution in [0.1, 0.15) is 49.2 Å². The molecule has 2 aliphatic rings. The summed E-state index contributed by atoms with van der Waals surface area (Å²) in [4.78, 5) is 52.4. The Kier molecular flexibility index (Phi) is 10.3. The van der Waals surface area contributed by atoms with Crippen molar-refractivity contribution < 1.29 is 46.7 Å². The molecule has 1 N–H and O–H groups in total. The quantitative estimate of drug-likeness (QED) is 0.101. The summed E-state index contributed by atoms with van der Waals surface area (Å²) in [6.07, 6.45) is -3.56. The number of rotatable bonds is 11. The number of nitrogens with zero attached hydrogens (tertiary/aromatic N) is 4. The molecule has 5 aromatic carbocycles. The first-order valence-electron chi connectivity index (χ1n) is 18.8. The fourth-order valence-electron chi connectivity index (χ4n) is 7.63. The van der Waals surface area contributed by atoms with Crippen molar-refractivity contribution in [2.45, 2.75) is 37.1 Å². The van der Waals surface area contributed by atoms with Gasteiger partial charge in [-0.2, -0.15) is 4.20 Å². The molecule has 0 spiro atoms. The van der Waals surface area contributed by atoms with Gasteiger partial charge >= 0.3 is 13.9 Å². The number of carbonyl (C=O) groups is 2. The number of nitrogens with one attached hydrogen (secondary N) is 1. The highest BCUT2D eigenvalue weighted by atomic mass is 31.2. The van der Waals surface area contributed by atoms with Gasteiger partial charge in [-0.15, -0.1) is 0 Å². The Bertz CT molecular complexity index is 2710. The average Bonchev–Trinajstić information content (AvgIpc) is 3.84. The normalized spacial score (nSPS) is 20.0. The summed E-state index contributed by atoms with van der Waals surface area (Å²) in [6.45, 7) is 1.28. The molecule has 60 heavy (non-hydrogen) atoms. The fraction of sp³-hybridized carbons (Fsp3) is 0.159. The van der Waals surface area contributed by atoms with Crippen molar-refractivity contribution in [3.05, 3.63) is 179 Å². The van der Waals surface area contributed by atoms with Gasteiger partial charge in [-0.25, -0.2) is 19.7 Å². The van der Waals surface area contributed by atoms with Crippen molar-refractivity contribution in [1.29, 1.82) is 0 Å². The second-order valence-electron chi connectivity index (χ2n) is 14.1. The molecule has 4 heterocycles. The maximum absolute atomic E-state index is 15.1. The van der Waals surface area contributed by atoms with E-state index in [1.807, 2.05) is 49.4 Å². The van der Waals surface area contributed by atoms with Crippen LogP contribution in [-0.4, -0.2) is 56.3 Å². The number of hydrogen-bond donors (Lipinski definition) is 1. The van der Waals surface area contributed by atoms with Crippen molar-refractivity contribution in [3.63, 3.8) is 0 Å². The highest BCUT2D eigenvalue weighted by Gasteiger charge is 2.56. The second kappa shape index (κ2) is 15.9. The summed E-state index contributed by atoms with van der Waals surface area (Å²) >= 11 is 0. The van der Waals surface area contributed by atoms with Crippen LogP contribution in [0.2, 0.25) is 0 Å². The van der Waals surface area contributed by atoms with E-state index in [1.165, 1.54) is 17.2 Å². The highest BCUT2D eigenvalue weighted by molar-refractivity contribution is 7.45. The predicted octanol–water partition coefficient (Wildman–Crippen LogP) is 7.45. The minimum absolute atomic E-state index is 0.0697. The van der Waals surface area contributed by atoms with E-state index in [1.54, 1.807) is 91.0 Å². The Labute approximate surface area is 342 Å². The number of aromatic nitrogens is 4. The molecule has 0 aliphatic carbocycles. The first kappa shape index (κ1) is 38.9. The van der Waals surface area contributed by atoms with Crippen molar-refractivity contribution in [3.8, 4) is 11.5 Å². The number of esters is 1. The van der Waals surface area contributed by atoms with Gasteiger partial charge in [0.2, 0.25) is 0 Å². The number of ether oxygens (including phenoxy) is 4. The molecule has 1 fully saturated rings. The first-order valence-corrected chi connectivity index (χ1v) is 20.2. The van der Waals surface area contributed by atoms with Crippen LogP contribution >= 0.6 is 7.91 Å². The average molecular weight is 827 g/mol. The van der Waals surface area contributed by atoms with Crippen LogP contribution in [0.25, 0.3) is 11.2 Å². The minimum atomic E-state index is -6.06. The Morgan fingerprint density at radius 2 is 1.45 bits per heavy atom. The van der Waals surface area contributed by atoms with Gasteiger partial charge in [0.05, 0.1) is 11.9 Å². The second-order valence-corrected chi connectivity index (χ2v) is 15.2. The van der Waals surface area contributed by atoms with Gasteiger partial charge in [0.15, 0.2) is 28.8 Å². The number of anilines is 1. The van der Waals surface area contributed by atoms with Gasteiger partial charge in [-0.05, 0) is 48.9 Å². The van der Waals surface area contributed by atoms with E-state index in [2.05, 4.69) is 20.3 Å². The number of amides is 1. The monoisotopic (exact) mass is 826 g/mol. The Morgan fingerprint density at radius 1 is 0.817 bits per heavy atom. The third-order valence-corrected chi connectivity index (χ3v) is 10.8. The Morgan fingerprint density at radius 3 is 2.12 bits per heavy atom. The number of hydrogen-bond acceptors (Lipinski definition) is 12. The lowest BCUT2D eigenvalue weighted by atomic mass is 9.77. The lowest BCUT2D eigenvalue weighted by Gasteiger charge is -2.43. The van der Waals surface area contributed by atoms with E-state index in [4.69, 9.17) is 23.5 Å². The third-order valence-electron chi connectivity index (χ3n) is 10.3. The van der Waals surface area contributed by atoms with Crippen LogP contribution in [0.5, 0.6) is 11.5 Å². The molecule has 2 aromatic heterocycles. The van der Waals surface area contributed by atoms with Gasteiger partial charge in [0.25, 0.3) is 5.91 Å². The van der Waals surface area contributed by atoms with Crippen LogP contribution in [0.15, 0.2) is 146 Å². The zero-order valence-electron chi connectivity index (χ0n) is 31.7. The van der Waals surface area contributed by atoms with Gasteiger partial charge < -0.3 is 33.7 Å². The molecule has 7 aromatic rings. The van der Waals surface area contributed by atoms with Crippen molar-refractivity contribution >= 4 is 36.8 Å². The molecule has 0 bridgehead atoms. The zero-order chi connectivity index (χ0) is 41.4. The summed E-state index contributed by atoms with van der Waals surface area (Å²) in [5.41, 5.74) is 1.90. The standard InChI is InChI=1S/C44H35FN5O9P/c1-27-20-22-29(23-21-27)43(52)55-24-35-37(59-60(45,53)54)38(42(57-35)50-26-48-36-39(46-25-47-40(36)50)49-41(51)28-12-4-2-5-13-28)58-44(30-14-6-3-7-15-30)31-16-8-10-18-33(31)56-34-19-11-9-17-32(34)44/h2-23,25-26,35,37-38,42H,24H2,1H3,(H,53,54)(H,46,47,49,51)/p-1/t35-,37-,38-,42-/m1/s1. The molecule has 5 atom stereocenters. The molecular formula is C44H34FN5O9P-. The van der Waals surface area contributed by atoms with Gasteiger partial charge in [-0.3, -0.25) is 13.9 Å². The number of fused-ring (bicyclic) bond motifs is 3. The zero-order valence-corrected chi connectivity index (χ0v) is 32.6. The smallest absolute Gasteiger partial charge is 0.338 e. The lowest BCUT2D eigenvalue weighted by Crippen LogP contribution is -2.46. The molecule has 1 amide bonds. The van der Waals surface area contributed by atoms with Crippen LogP contribution in [0.4, 0.5) is 10.0 Å². The van der Waals surface area contributed by atoms with E-state index in [0.29, 0.717) is 33.8 Å². The minimum Gasteiger partial charge on any atom is -0.753 e. The maximum Gasteiger partial charge on any atom is 0.338 e. The predicted molar refractivity (Wildman–Crippen MR) is 213 cm³/mol. The summed E-state index contributed by atoms with van der Waals surface area (Å²) < 4.78 is 60.4. The molecule has 1 saturated heterocycles. The number of carbonyl (C=O) groups excluding carboxylic acids is 2. The van der Waals surface area contributed by atoms with E-state index >= 15 is 4.20 Å². The van der Waals surface area contributed by atoms with Gasteiger partial charge in [0, 0.05) is 16.7 Å². The van der Waals surface area contributed by atoms with Crippen LogP contribution < -0.4 is 14.9 Å². The molecular weight excluding hydrogens is 792 g/mol. The Hall–Kier alpha value is -6.61. The van der Waals surface area contributed by atoms with Crippen LogP contribution in [0.3, 0.4) is 0 Å². The van der Waals surface area contributed by atoms with Crippen molar-refractivity contribution in [2.24, 2.45) is 0 Å². The maximum atomic E-state index is 15.1. The van der Waals surface area contributed by atoms with Gasteiger partial charge in [-0.1, -0.05) is 103 Å². The summed E-state index contributed by atoms with van der Waals surface area (Å²) in [6, 6.07) is 38.7. The van der Waals surface area contributed by atoms with Crippen molar-refractivity contribution in [2.75, 3.05) is 11.9 Å². The lowest BCUT2D eigenvalue weighted by molar-refractivity contribution is -0.222. The Balaban J connectivity index is 1.19. The molecule has 0 saturated carbocycles. The van der Waals surface area contributed by atoms with Crippen molar-refractivity contribution in [1.82, 2.24) is 19.5 Å². The molecule has 1 unspecified atom stereocenters. The largest absolute Gasteiger partial charge is 0.753 e. The summed E-state index contributed by atoms with van der Waals surface area (Å²) in [5.74, 6) is -0.243. The van der Waals surface area contributed by atoms with Crippen LogP contribution in [-0.2, 0) is 28.9 Å². The van der Waals surface area contributed by atoms with E-state index in [9.17, 15) is 19.0 Å². The van der Waals surface area contributed by atoms with E-state index in [0.717, 1.165) is 5.56 Å². The molecule has 0 radical (unpaired) electrons. The molecule has 16 heteroatoms. The number of halogens is 1. The molecule has 2 aliphatic heterocycles. The highest BCUT2D eigenvalue weighted by Crippen LogP contribution is 2.56. The molecule has 14 nitrogen and oxygen atoms in total. The number of imidazole rings is 1. The van der Waals surface area contributed by atoms with E-state index in [-0.39, 0.29) is 22.5 Å². The van der Waals surface area contributed by atoms with Gasteiger partial charge in [0.1, 0.15) is 42.7 Å². The topological polar surface area (TPSA) is 176 Å². The number of benzene rings is 5. The SMILES string of the molecule is Cc1ccc(C(=O)OC[C@H]2O[C@@H](n3cnc4c(NC(=O)c5ccccc5)ncnc43)[C@H](OC3(c4ccccc4)c4ccccc4Oc4ccccc43)[C@@H]2OP(=O)([O-])F)cc1. The van der Waals surface area contributed by atoms with Crippen LogP contribution in [0, 0.1) is 6.92 Å². The molecule has 302 valence electrons. The molecule has 9 rings (SSSR count). The first-order chi connectivity index (χ1) is 29.1. The fourth-order valence-corrected chi connectivity index (χ4v) is 8.18. The summed E-state index contributed by atoms with van der Waals surface area (Å²) in [5, 5.41) is 2.77. The summed E-state index contributed by atoms with van der Waals surface area (Å²) in [7, 11) is -6.06. The third kappa shape index (κ3) is 7.33.